The maximum absolute atomic E-state index is 5.88. The molecule has 0 aliphatic heterocycles. The minimum atomic E-state index is 0.558. The van der Waals surface area contributed by atoms with Crippen molar-refractivity contribution in [3.8, 4) is 0 Å². The number of pyridine rings is 2. The number of halogens is 1. The van der Waals surface area contributed by atoms with Crippen LogP contribution in [-0.2, 0) is 13.0 Å². The molecule has 20 heavy (non-hydrogen) atoms. The number of aromatic nitrogens is 4. The summed E-state index contributed by atoms with van der Waals surface area (Å²) in [5, 5.41) is 0. The van der Waals surface area contributed by atoms with Gasteiger partial charge in [0.1, 0.15) is 11.3 Å². The summed E-state index contributed by atoms with van der Waals surface area (Å²) in [7, 11) is 0. The standard InChI is InChI=1S/C15H15ClN4/c1-11-2-3-12(8-18-11)10-20-14-5-7-17-9-13(14)19-15(20)4-6-16/h2-3,5,7-9H,4,6,10H2,1H3. The Balaban J connectivity index is 2.04. The molecular formula is C15H15ClN4. The predicted octanol–water partition coefficient (Wildman–Crippen LogP) is 2.96. The quantitative estimate of drug-likeness (QED) is 0.693. The first-order chi connectivity index (χ1) is 9.78. The molecule has 0 aliphatic carbocycles. The molecule has 0 radical (unpaired) electrons. The van der Waals surface area contributed by atoms with Gasteiger partial charge in [0, 0.05) is 30.4 Å². The second kappa shape index (κ2) is 5.59. The van der Waals surface area contributed by atoms with Gasteiger partial charge in [0.2, 0.25) is 0 Å². The molecule has 3 rings (SSSR count). The van der Waals surface area contributed by atoms with E-state index in [1.165, 1.54) is 0 Å². The van der Waals surface area contributed by atoms with Crippen LogP contribution in [0.5, 0.6) is 0 Å². The Hall–Kier alpha value is -1.94. The van der Waals surface area contributed by atoms with Gasteiger partial charge in [0.25, 0.3) is 0 Å². The third kappa shape index (κ3) is 2.51. The zero-order valence-corrected chi connectivity index (χ0v) is 12.0. The lowest BCUT2D eigenvalue weighted by Crippen LogP contribution is -2.06. The van der Waals surface area contributed by atoms with Crippen LogP contribution in [0.4, 0.5) is 0 Å². The minimum absolute atomic E-state index is 0.558. The van der Waals surface area contributed by atoms with E-state index >= 15 is 0 Å². The van der Waals surface area contributed by atoms with Crippen LogP contribution in [-0.4, -0.2) is 25.4 Å². The smallest absolute Gasteiger partial charge is 0.111 e. The zero-order valence-electron chi connectivity index (χ0n) is 11.3. The van der Waals surface area contributed by atoms with Crippen molar-refractivity contribution in [2.45, 2.75) is 19.9 Å². The fourth-order valence-corrected chi connectivity index (χ4v) is 2.43. The minimum Gasteiger partial charge on any atom is -0.323 e. The summed E-state index contributed by atoms with van der Waals surface area (Å²) < 4.78 is 2.19. The van der Waals surface area contributed by atoms with E-state index in [2.05, 4.69) is 25.6 Å². The van der Waals surface area contributed by atoms with Crippen molar-refractivity contribution in [2.24, 2.45) is 0 Å². The number of alkyl halides is 1. The molecule has 0 bridgehead atoms. The van der Waals surface area contributed by atoms with Crippen LogP contribution in [0.25, 0.3) is 11.0 Å². The van der Waals surface area contributed by atoms with E-state index in [1.807, 2.05) is 25.3 Å². The van der Waals surface area contributed by atoms with Crippen molar-refractivity contribution >= 4 is 22.6 Å². The summed E-state index contributed by atoms with van der Waals surface area (Å²) in [5.41, 5.74) is 4.17. The van der Waals surface area contributed by atoms with Crippen molar-refractivity contribution in [1.82, 2.24) is 19.5 Å². The lowest BCUT2D eigenvalue weighted by molar-refractivity contribution is 0.751. The largest absolute Gasteiger partial charge is 0.323 e. The average Bonchev–Trinajstić information content (AvgIpc) is 2.80. The molecule has 102 valence electrons. The molecular weight excluding hydrogens is 272 g/mol. The lowest BCUT2D eigenvalue weighted by Gasteiger charge is -2.08. The molecule has 0 unspecified atom stereocenters. The van der Waals surface area contributed by atoms with Gasteiger partial charge < -0.3 is 4.57 Å². The van der Waals surface area contributed by atoms with E-state index in [4.69, 9.17) is 11.6 Å². The van der Waals surface area contributed by atoms with E-state index in [0.717, 1.165) is 41.1 Å². The third-order valence-electron chi connectivity index (χ3n) is 3.26. The molecule has 0 spiro atoms. The molecule has 0 N–H and O–H groups in total. The number of rotatable bonds is 4. The summed E-state index contributed by atoms with van der Waals surface area (Å²) in [5.74, 6) is 1.55. The van der Waals surface area contributed by atoms with Gasteiger partial charge in [-0.2, -0.15) is 0 Å². The maximum Gasteiger partial charge on any atom is 0.111 e. The molecule has 3 heterocycles. The number of aryl methyl sites for hydroxylation is 2. The normalized spacial score (nSPS) is 11.1. The van der Waals surface area contributed by atoms with Crippen LogP contribution in [0.1, 0.15) is 17.1 Å². The van der Waals surface area contributed by atoms with Crippen LogP contribution in [0, 0.1) is 6.92 Å². The molecule has 0 atom stereocenters. The first-order valence-electron chi connectivity index (χ1n) is 6.54. The molecule has 3 aromatic rings. The molecule has 5 heteroatoms. The molecule has 0 aromatic carbocycles. The average molecular weight is 287 g/mol. The van der Waals surface area contributed by atoms with Crippen LogP contribution < -0.4 is 0 Å². The van der Waals surface area contributed by atoms with E-state index in [1.54, 1.807) is 12.4 Å². The fraction of sp³-hybridized carbons (Fsp3) is 0.267. The second-order valence-electron chi connectivity index (χ2n) is 4.73. The molecule has 0 amide bonds. The van der Waals surface area contributed by atoms with Crippen molar-refractivity contribution < 1.29 is 0 Å². The van der Waals surface area contributed by atoms with Crippen molar-refractivity contribution in [3.63, 3.8) is 0 Å². The Kier molecular flexibility index (Phi) is 3.65. The van der Waals surface area contributed by atoms with E-state index in [0.29, 0.717) is 5.88 Å². The van der Waals surface area contributed by atoms with Gasteiger partial charge in [-0.05, 0) is 24.6 Å². The number of nitrogens with zero attached hydrogens (tertiary/aromatic N) is 4. The molecule has 0 fully saturated rings. The zero-order chi connectivity index (χ0) is 13.9. The number of hydrogen-bond donors (Lipinski definition) is 0. The Labute approximate surface area is 122 Å². The highest BCUT2D eigenvalue weighted by atomic mass is 35.5. The van der Waals surface area contributed by atoms with E-state index in [9.17, 15) is 0 Å². The summed E-state index contributed by atoms with van der Waals surface area (Å²) in [6, 6.07) is 6.11. The molecule has 0 aliphatic rings. The lowest BCUT2D eigenvalue weighted by atomic mass is 10.2. The SMILES string of the molecule is Cc1ccc(Cn2c(CCCl)nc3cnccc32)cn1. The number of fused-ring (bicyclic) bond motifs is 1. The predicted molar refractivity (Wildman–Crippen MR) is 80.0 cm³/mol. The maximum atomic E-state index is 5.88. The highest BCUT2D eigenvalue weighted by Gasteiger charge is 2.10. The molecule has 4 nitrogen and oxygen atoms in total. The van der Waals surface area contributed by atoms with Crippen LogP contribution in [0.2, 0.25) is 0 Å². The Bertz CT molecular complexity index is 718. The van der Waals surface area contributed by atoms with Crippen LogP contribution in [0.3, 0.4) is 0 Å². The number of hydrogen-bond acceptors (Lipinski definition) is 3. The van der Waals surface area contributed by atoms with Crippen molar-refractivity contribution in [2.75, 3.05) is 5.88 Å². The molecule has 0 saturated carbocycles. The van der Waals surface area contributed by atoms with Gasteiger partial charge in [0.05, 0.1) is 18.3 Å². The summed E-state index contributed by atoms with van der Waals surface area (Å²) in [4.78, 5) is 13.1. The van der Waals surface area contributed by atoms with Gasteiger partial charge in [-0.3, -0.25) is 9.97 Å². The first-order valence-corrected chi connectivity index (χ1v) is 7.08. The van der Waals surface area contributed by atoms with Crippen molar-refractivity contribution in [3.05, 3.63) is 53.9 Å². The Morgan fingerprint density at radius 3 is 2.85 bits per heavy atom. The van der Waals surface area contributed by atoms with Crippen molar-refractivity contribution in [1.29, 1.82) is 0 Å². The first kappa shape index (κ1) is 13.1. The van der Waals surface area contributed by atoms with Gasteiger partial charge in [-0.25, -0.2) is 4.98 Å². The van der Waals surface area contributed by atoms with E-state index in [-0.39, 0.29) is 0 Å². The van der Waals surface area contributed by atoms with Gasteiger partial charge in [0.15, 0.2) is 0 Å². The topological polar surface area (TPSA) is 43.6 Å². The van der Waals surface area contributed by atoms with Crippen LogP contribution >= 0.6 is 11.6 Å². The second-order valence-corrected chi connectivity index (χ2v) is 5.10. The highest BCUT2D eigenvalue weighted by Crippen LogP contribution is 2.17. The number of imidazole rings is 1. The summed E-state index contributed by atoms with van der Waals surface area (Å²) in [6.07, 6.45) is 6.23. The van der Waals surface area contributed by atoms with E-state index < -0.39 is 0 Å². The molecule has 0 saturated heterocycles. The summed E-state index contributed by atoms with van der Waals surface area (Å²) in [6.45, 7) is 2.74. The molecule has 3 aromatic heterocycles. The van der Waals surface area contributed by atoms with Gasteiger partial charge >= 0.3 is 0 Å². The highest BCUT2D eigenvalue weighted by molar-refractivity contribution is 6.17. The fourth-order valence-electron chi connectivity index (χ4n) is 2.26. The monoisotopic (exact) mass is 286 g/mol. The third-order valence-corrected chi connectivity index (χ3v) is 3.45. The summed E-state index contributed by atoms with van der Waals surface area (Å²) >= 11 is 5.88. The van der Waals surface area contributed by atoms with Crippen LogP contribution in [0.15, 0.2) is 36.8 Å². The van der Waals surface area contributed by atoms with Gasteiger partial charge in [-0.1, -0.05) is 6.07 Å². The van der Waals surface area contributed by atoms with Gasteiger partial charge in [-0.15, -0.1) is 11.6 Å². The Morgan fingerprint density at radius 1 is 1.20 bits per heavy atom. The Morgan fingerprint density at radius 2 is 2.10 bits per heavy atom.